The smallest absolute Gasteiger partial charge is 0.358 e. The summed E-state index contributed by atoms with van der Waals surface area (Å²) in [5.41, 5.74) is -0.779. The number of likely N-dealkylation sites (N-methyl/N-ethyl adjacent to an activating group) is 1. The Labute approximate surface area is 102 Å². The molecule has 0 spiro atoms. The van der Waals surface area contributed by atoms with Gasteiger partial charge in [-0.05, 0) is 18.6 Å². The van der Waals surface area contributed by atoms with Crippen LogP contribution >= 0.6 is 0 Å². The van der Waals surface area contributed by atoms with E-state index in [4.69, 9.17) is 0 Å². The normalized spacial score (nSPS) is 20.3. The molecule has 1 aliphatic heterocycles. The molecular weight excluding hydrogens is 247 g/mol. The number of amides is 1. The fraction of sp³-hybridized carbons (Fsp3) is 0.455. The summed E-state index contributed by atoms with van der Waals surface area (Å²) in [4.78, 5) is 16.9. The van der Waals surface area contributed by atoms with Crippen molar-refractivity contribution in [1.82, 2.24) is 9.88 Å². The zero-order valence-corrected chi connectivity index (χ0v) is 9.66. The van der Waals surface area contributed by atoms with E-state index in [9.17, 15) is 18.0 Å². The molecule has 1 aromatic heterocycles. The van der Waals surface area contributed by atoms with Gasteiger partial charge in [0.2, 0.25) is 5.91 Å². The first-order valence-corrected chi connectivity index (χ1v) is 5.42. The lowest BCUT2D eigenvalue weighted by molar-refractivity contribution is -0.137. The first kappa shape index (κ1) is 12.7. The summed E-state index contributed by atoms with van der Waals surface area (Å²) < 4.78 is 37.5. The fourth-order valence-electron chi connectivity index (χ4n) is 1.82. The van der Waals surface area contributed by atoms with Crippen LogP contribution in [0.15, 0.2) is 18.3 Å². The highest BCUT2D eigenvalue weighted by Gasteiger charge is 2.32. The van der Waals surface area contributed by atoms with Crippen molar-refractivity contribution in [2.45, 2.75) is 18.6 Å². The molecule has 1 aromatic rings. The lowest BCUT2D eigenvalue weighted by atomic mass is 10.2. The highest BCUT2D eigenvalue weighted by atomic mass is 19.4. The van der Waals surface area contributed by atoms with E-state index in [2.05, 4.69) is 10.3 Å². The summed E-state index contributed by atoms with van der Waals surface area (Å²) in [6, 6.07) is 1.31. The van der Waals surface area contributed by atoms with E-state index in [1.807, 2.05) is 0 Å². The number of alkyl halides is 3. The Bertz CT molecular complexity index is 461. The Balaban J connectivity index is 2.13. The van der Waals surface area contributed by atoms with Crippen LogP contribution in [0.5, 0.6) is 0 Å². The molecular formula is C11H12F3N3O. The van der Waals surface area contributed by atoms with Crippen LogP contribution < -0.4 is 5.32 Å². The molecule has 1 atom stereocenters. The topological polar surface area (TPSA) is 45.2 Å². The SMILES string of the molecule is CN1CCC(Nc2cc(C(F)(F)F)ccn2)C1=O. The van der Waals surface area contributed by atoms with Gasteiger partial charge in [-0.2, -0.15) is 13.2 Å². The van der Waals surface area contributed by atoms with Gasteiger partial charge in [-0.15, -0.1) is 0 Å². The maximum Gasteiger partial charge on any atom is 0.416 e. The second kappa shape index (κ2) is 4.47. The van der Waals surface area contributed by atoms with E-state index < -0.39 is 17.8 Å². The van der Waals surface area contributed by atoms with E-state index >= 15 is 0 Å². The minimum absolute atomic E-state index is 0.0680. The molecule has 0 aliphatic carbocycles. The molecule has 1 fully saturated rings. The monoisotopic (exact) mass is 259 g/mol. The van der Waals surface area contributed by atoms with E-state index in [0.29, 0.717) is 13.0 Å². The van der Waals surface area contributed by atoms with Gasteiger partial charge in [0.15, 0.2) is 0 Å². The average Bonchev–Trinajstić information content (AvgIpc) is 2.60. The maximum absolute atomic E-state index is 12.5. The van der Waals surface area contributed by atoms with Crippen molar-refractivity contribution in [1.29, 1.82) is 0 Å². The number of halogens is 3. The van der Waals surface area contributed by atoms with Gasteiger partial charge in [0.25, 0.3) is 0 Å². The van der Waals surface area contributed by atoms with Crippen molar-refractivity contribution in [2.24, 2.45) is 0 Å². The number of likely N-dealkylation sites (tertiary alicyclic amines) is 1. The fourth-order valence-corrected chi connectivity index (χ4v) is 1.82. The van der Waals surface area contributed by atoms with Crippen molar-refractivity contribution in [3.05, 3.63) is 23.9 Å². The van der Waals surface area contributed by atoms with Crippen LogP contribution in [-0.4, -0.2) is 35.4 Å². The zero-order chi connectivity index (χ0) is 13.3. The number of nitrogens with one attached hydrogen (secondary N) is 1. The van der Waals surface area contributed by atoms with Crippen LogP contribution in [0.3, 0.4) is 0 Å². The molecule has 2 rings (SSSR count). The minimum atomic E-state index is -4.41. The van der Waals surface area contributed by atoms with Gasteiger partial charge in [0.1, 0.15) is 11.9 Å². The van der Waals surface area contributed by atoms with Gasteiger partial charge < -0.3 is 10.2 Å². The van der Waals surface area contributed by atoms with Gasteiger partial charge in [-0.1, -0.05) is 0 Å². The largest absolute Gasteiger partial charge is 0.416 e. The summed E-state index contributed by atoms with van der Waals surface area (Å²) in [6.07, 6.45) is -2.77. The molecule has 0 bridgehead atoms. The number of aromatic nitrogens is 1. The Hall–Kier alpha value is -1.79. The van der Waals surface area contributed by atoms with E-state index in [1.54, 1.807) is 7.05 Å². The average molecular weight is 259 g/mol. The van der Waals surface area contributed by atoms with Crippen LogP contribution in [0.1, 0.15) is 12.0 Å². The number of anilines is 1. The Kier molecular flexibility index (Phi) is 3.14. The number of carbonyl (C=O) groups excluding carboxylic acids is 1. The lowest BCUT2D eigenvalue weighted by Gasteiger charge is -2.14. The maximum atomic E-state index is 12.5. The molecule has 2 heterocycles. The Morgan fingerprint density at radius 2 is 2.22 bits per heavy atom. The number of pyridine rings is 1. The Morgan fingerprint density at radius 1 is 1.50 bits per heavy atom. The van der Waals surface area contributed by atoms with Gasteiger partial charge in [0.05, 0.1) is 5.56 Å². The number of nitrogens with zero attached hydrogens (tertiary/aromatic N) is 2. The summed E-state index contributed by atoms with van der Waals surface area (Å²) >= 11 is 0. The standard InChI is InChI=1S/C11H12F3N3O/c1-17-5-3-8(10(17)18)16-9-6-7(2-4-15-9)11(12,13)14/h2,4,6,8H,3,5H2,1H3,(H,15,16). The molecule has 0 saturated carbocycles. The van der Waals surface area contributed by atoms with Gasteiger partial charge in [0, 0.05) is 19.8 Å². The first-order chi connectivity index (χ1) is 8.38. The van der Waals surface area contributed by atoms with E-state index in [0.717, 1.165) is 18.3 Å². The van der Waals surface area contributed by atoms with Gasteiger partial charge in [-0.25, -0.2) is 4.98 Å². The van der Waals surface area contributed by atoms with Gasteiger partial charge >= 0.3 is 6.18 Å². The third-order valence-corrected chi connectivity index (χ3v) is 2.84. The van der Waals surface area contributed by atoms with Crippen LogP contribution in [0.25, 0.3) is 0 Å². The van der Waals surface area contributed by atoms with Crippen LogP contribution in [-0.2, 0) is 11.0 Å². The van der Waals surface area contributed by atoms with E-state index in [-0.39, 0.29) is 11.7 Å². The lowest BCUT2D eigenvalue weighted by Crippen LogP contribution is -2.31. The highest BCUT2D eigenvalue weighted by molar-refractivity contribution is 5.86. The van der Waals surface area contributed by atoms with Crippen molar-refractivity contribution >= 4 is 11.7 Å². The van der Waals surface area contributed by atoms with Crippen LogP contribution in [0.2, 0.25) is 0 Å². The predicted octanol–water partition coefficient (Wildman–Crippen LogP) is 1.74. The molecule has 18 heavy (non-hydrogen) atoms. The number of rotatable bonds is 2. The number of carbonyl (C=O) groups is 1. The second-order valence-electron chi connectivity index (χ2n) is 4.17. The molecule has 0 radical (unpaired) electrons. The van der Waals surface area contributed by atoms with Crippen molar-refractivity contribution < 1.29 is 18.0 Å². The van der Waals surface area contributed by atoms with E-state index in [1.165, 1.54) is 4.90 Å². The third kappa shape index (κ3) is 2.55. The van der Waals surface area contributed by atoms with Crippen LogP contribution in [0.4, 0.5) is 19.0 Å². The molecule has 4 nitrogen and oxygen atoms in total. The quantitative estimate of drug-likeness (QED) is 0.880. The molecule has 1 aliphatic rings. The first-order valence-electron chi connectivity index (χ1n) is 5.42. The minimum Gasteiger partial charge on any atom is -0.358 e. The second-order valence-corrected chi connectivity index (χ2v) is 4.17. The summed E-state index contributed by atoms with van der Waals surface area (Å²) in [7, 11) is 1.66. The molecule has 1 saturated heterocycles. The van der Waals surface area contributed by atoms with Crippen LogP contribution in [0, 0.1) is 0 Å². The molecule has 7 heteroatoms. The Morgan fingerprint density at radius 3 is 2.78 bits per heavy atom. The highest BCUT2D eigenvalue weighted by Crippen LogP contribution is 2.30. The number of hydrogen-bond acceptors (Lipinski definition) is 3. The molecule has 1 amide bonds. The molecule has 98 valence electrons. The molecule has 0 aromatic carbocycles. The van der Waals surface area contributed by atoms with Crippen molar-refractivity contribution in [3.8, 4) is 0 Å². The summed E-state index contributed by atoms with van der Waals surface area (Å²) in [6.45, 7) is 0.593. The van der Waals surface area contributed by atoms with Crippen molar-refractivity contribution in [3.63, 3.8) is 0 Å². The summed E-state index contributed by atoms with van der Waals surface area (Å²) in [5.74, 6) is -0.0623. The van der Waals surface area contributed by atoms with Crippen molar-refractivity contribution in [2.75, 3.05) is 18.9 Å². The number of hydrogen-bond donors (Lipinski definition) is 1. The third-order valence-electron chi connectivity index (χ3n) is 2.84. The predicted molar refractivity (Wildman–Crippen MR) is 58.9 cm³/mol. The summed E-state index contributed by atoms with van der Waals surface area (Å²) in [5, 5.41) is 2.73. The molecule has 1 N–H and O–H groups in total. The zero-order valence-electron chi connectivity index (χ0n) is 9.66. The molecule has 1 unspecified atom stereocenters. The van der Waals surface area contributed by atoms with Gasteiger partial charge in [-0.3, -0.25) is 4.79 Å².